The van der Waals surface area contributed by atoms with E-state index in [1.165, 1.54) is 16.7 Å². The van der Waals surface area contributed by atoms with E-state index < -0.39 is 5.60 Å². The van der Waals surface area contributed by atoms with E-state index in [4.69, 9.17) is 4.74 Å². The lowest BCUT2D eigenvalue weighted by Crippen LogP contribution is -2.59. The molecule has 0 saturated carbocycles. The number of rotatable bonds is 5. The molecule has 6 heteroatoms. The first-order chi connectivity index (χ1) is 16.0. The summed E-state index contributed by atoms with van der Waals surface area (Å²) in [5.41, 5.74) is 4.97. The highest BCUT2D eigenvalue weighted by Gasteiger charge is 2.56. The normalized spacial score (nSPS) is 23.4. The molecule has 1 spiro atoms. The molecule has 0 bridgehead atoms. The number of carbonyl (C=O) groups excluding carboxylic acids is 1. The van der Waals surface area contributed by atoms with Crippen molar-refractivity contribution in [1.29, 1.82) is 0 Å². The fourth-order valence-corrected chi connectivity index (χ4v) is 5.40. The van der Waals surface area contributed by atoms with Gasteiger partial charge in [0.15, 0.2) is 5.60 Å². The van der Waals surface area contributed by atoms with E-state index in [0.717, 1.165) is 24.2 Å². The summed E-state index contributed by atoms with van der Waals surface area (Å²) in [5.74, 6) is -0.00400. The van der Waals surface area contributed by atoms with Gasteiger partial charge >= 0.3 is 0 Å². The zero-order valence-electron chi connectivity index (χ0n) is 19.3. The number of benzene rings is 1. The van der Waals surface area contributed by atoms with Crippen molar-refractivity contribution in [3.63, 3.8) is 0 Å². The maximum atomic E-state index is 14.0. The number of nitrogens with zero attached hydrogens (tertiary/aromatic N) is 4. The number of carbonyl (C=O) groups is 1. The second kappa shape index (κ2) is 9.04. The lowest BCUT2D eigenvalue weighted by atomic mass is 9.83. The summed E-state index contributed by atoms with van der Waals surface area (Å²) < 4.78 is 6.41. The first-order valence-electron chi connectivity index (χ1n) is 11.6. The molecule has 0 unspecified atom stereocenters. The van der Waals surface area contributed by atoms with Gasteiger partial charge in [-0.1, -0.05) is 41.5 Å². The van der Waals surface area contributed by atoms with Crippen LogP contribution in [0.1, 0.15) is 33.7 Å². The van der Waals surface area contributed by atoms with Gasteiger partial charge < -0.3 is 9.64 Å². The number of hydrogen-bond acceptors (Lipinski definition) is 5. The molecule has 0 N–H and O–H groups in total. The van der Waals surface area contributed by atoms with Crippen LogP contribution in [0.25, 0.3) is 0 Å². The van der Waals surface area contributed by atoms with Crippen LogP contribution in [0.2, 0.25) is 0 Å². The SMILES string of the molecule is Cc1cc(C)cc(CN2C[C@@H](c3cccnc3)[C@]3(C2)OCCN(Cc2cccnc2)C3=O)c1. The Morgan fingerprint density at radius 1 is 1.00 bits per heavy atom. The summed E-state index contributed by atoms with van der Waals surface area (Å²) >= 11 is 0. The number of ether oxygens (including phenoxy) is 1. The number of likely N-dealkylation sites (tertiary alicyclic amines) is 1. The Balaban J connectivity index is 1.45. The highest BCUT2D eigenvalue weighted by molar-refractivity contribution is 5.88. The maximum absolute atomic E-state index is 14.0. The van der Waals surface area contributed by atoms with Crippen LogP contribution in [0.3, 0.4) is 0 Å². The molecule has 33 heavy (non-hydrogen) atoms. The minimum Gasteiger partial charge on any atom is -0.361 e. The molecule has 3 aromatic rings. The standard InChI is InChI=1S/C27H30N4O2/c1-20-11-21(2)13-23(12-20)16-30-18-25(24-6-4-8-29-15-24)27(19-30)26(32)31(9-10-33-27)17-22-5-3-7-28-14-22/h3-8,11-15,25H,9-10,16-19H2,1-2H3/t25-,27-/m0/s1. The maximum Gasteiger partial charge on any atom is 0.257 e. The molecule has 2 saturated heterocycles. The van der Waals surface area contributed by atoms with E-state index >= 15 is 0 Å². The van der Waals surface area contributed by atoms with Gasteiger partial charge in [-0.3, -0.25) is 19.7 Å². The molecule has 2 aliphatic rings. The molecule has 6 nitrogen and oxygen atoms in total. The third-order valence-corrected chi connectivity index (χ3v) is 6.70. The van der Waals surface area contributed by atoms with Gasteiger partial charge in [-0.25, -0.2) is 0 Å². The Morgan fingerprint density at radius 3 is 2.45 bits per heavy atom. The Hall–Kier alpha value is -3.09. The van der Waals surface area contributed by atoms with Gasteiger partial charge in [0.2, 0.25) is 0 Å². The topological polar surface area (TPSA) is 58.6 Å². The van der Waals surface area contributed by atoms with Gasteiger partial charge in [0, 0.05) is 63.4 Å². The smallest absolute Gasteiger partial charge is 0.257 e. The second-order valence-electron chi connectivity index (χ2n) is 9.33. The number of amides is 1. The van der Waals surface area contributed by atoms with Crippen LogP contribution in [-0.2, 0) is 22.6 Å². The first kappa shape index (κ1) is 21.7. The lowest BCUT2D eigenvalue weighted by Gasteiger charge is -2.42. The van der Waals surface area contributed by atoms with E-state index in [1.54, 1.807) is 12.4 Å². The highest BCUT2D eigenvalue weighted by Crippen LogP contribution is 2.42. The average molecular weight is 443 g/mol. The lowest BCUT2D eigenvalue weighted by molar-refractivity contribution is -0.173. The van der Waals surface area contributed by atoms with Gasteiger partial charge in [0.05, 0.1) is 6.61 Å². The number of pyridine rings is 2. The summed E-state index contributed by atoms with van der Waals surface area (Å²) in [6, 6.07) is 14.6. The fourth-order valence-electron chi connectivity index (χ4n) is 5.40. The Kier molecular flexibility index (Phi) is 5.96. The third kappa shape index (κ3) is 4.41. The Bertz CT molecular complexity index is 1100. The number of aromatic nitrogens is 2. The van der Waals surface area contributed by atoms with Gasteiger partial charge in [0.25, 0.3) is 5.91 Å². The molecule has 5 rings (SSSR count). The largest absolute Gasteiger partial charge is 0.361 e. The molecule has 2 fully saturated rings. The zero-order chi connectivity index (χ0) is 22.8. The van der Waals surface area contributed by atoms with Crippen LogP contribution in [-0.4, -0.2) is 57.5 Å². The van der Waals surface area contributed by atoms with E-state index in [0.29, 0.717) is 26.2 Å². The molecular weight excluding hydrogens is 412 g/mol. The Morgan fingerprint density at radius 2 is 1.76 bits per heavy atom. The summed E-state index contributed by atoms with van der Waals surface area (Å²) in [4.78, 5) is 26.8. The van der Waals surface area contributed by atoms with Crippen molar-refractivity contribution in [3.8, 4) is 0 Å². The molecule has 170 valence electrons. The van der Waals surface area contributed by atoms with Crippen molar-refractivity contribution in [2.24, 2.45) is 0 Å². The summed E-state index contributed by atoms with van der Waals surface area (Å²) in [5, 5.41) is 0. The quantitative estimate of drug-likeness (QED) is 0.605. The van der Waals surface area contributed by atoms with Gasteiger partial charge in [-0.15, -0.1) is 0 Å². The van der Waals surface area contributed by atoms with Gasteiger partial charge in [-0.2, -0.15) is 0 Å². The minimum atomic E-state index is -0.900. The van der Waals surface area contributed by atoms with Crippen LogP contribution in [0.5, 0.6) is 0 Å². The van der Waals surface area contributed by atoms with Crippen molar-refractivity contribution in [1.82, 2.24) is 19.8 Å². The van der Waals surface area contributed by atoms with E-state index in [2.05, 4.69) is 53.0 Å². The first-order valence-corrected chi connectivity index (χ1v) is 11.6. The van der Waals surface area contributed by atoms with Crippen LogP contribution in [0.4, 0.5) is 0 Å². The predicted molar refractivity (Wildman–Crippen MR) is 127 cm³/mol. The van der Waals surface area contributed by atoms with Crippen molar-refractivity contribution >= 4 is 5.91 Å². The summed E-state index contributed by atoms with van der Waals surface area (Å²) in [6.07, 6.45) is 7.24. The zero-order valence-corrected chi connectivity index (χ0v) is 19.3. The number of morpholine rings is 1. The molecule has 1 aromatic carbocycles. The van der Waals surface area contributed by atoms with Crippen molar-refractivity contribution < 1.29 is 9.53 Å². The van der Waals surface area contributed by atoms with Crippen LogP contribution in [0.15, 0.2) is 67.3 Å². The second-order valence-corrected chi connectivity index (χ2v) is 9.33. The van der Waals surface area contributed by atoms with E-state index in [1.807, 2.05) is 35.5 Å². The monoisotopic (exact) mass is 442 g/mol. The molecule has 0 aliphatic carbocycles. The molecule has 2 atom stereocenters. The molecule has 0 radical (unpaired) electrons. The minimum absolute atomic E-state index is 0.0642. The highest BCUT2D eigenvalue weighted by atomic mass is 16.5. The average Bonchev–Trinajstić information content (AvgIpc) is 3.16. The molecule has 2 aromatic heterocycles. The molecule has 2 aliphatic heterocycles. The fraction of sp³-hybridized carbons (Fsp3) is 0.370. The molecule has 4 heterocycles. The van der Waals surface area contributed by atoms with E-state index in [-0.39, 0.29) is 11.8 Å². The van der Waals surface area contributed by atoms with E-state index in [9.17, 15) is 4.79 Å². The predicted octanol–water partition coefficient (Wildman–Crippen LogP) is 3.49. The van der Waals surface area contributed by atoms with Crippen LogP contribution in [0, 0.1) is 13.8 Å². The van der Waals surface area contributed by atoms with Gasteiger partial charge in [0.1, 0.15) is 0 Å². The Labute approximate surface area is 195 Å². The summed E-state index contributed by atoms with van der Waals surface area (Å²) in [7, 11) is 0. The van der Waals surface area contributed by atoms with Crippen molar-refractivity contribution in [2.45, 2.75) is 38.5 Å². The summed E-state index contributed by atoms with van der Waals surface area (Å²) in [6.45, 7) is 8.05. The van der Waals surface area contributed by atoms with Crippen molar-refractivity contribution in [3.05, 3.63) is 95.1 Å². The van der Waals surface area contributed by atoms with Crippen molar-refractivity contribution in [2.75, 3.05) is 26.2 Å². The third-order valence-electron chi connectivity index (χ3n) is 6.70. The van der Waals surface area contributed by atoms with Crippen LogP contribution >= 0.6 is 0 Å². The van der Waals surface area contributed by atoms with Crippen LogP contribution < -0.4 is 0 Å². The molecule has 1 amide bonds. The number of hydrogen-bond donors (Lipinski definition) is 0. The van der Waals surface area contributed by atoms with Gasteiger partial charge in [-0.05, 0) is 42.7 Å². The number of aryl methyl sites for hydroxylation is 2. The molecular formula is C27H30N4O2.